The third-order valence-corrected chi connectivity index (χ3v) is 6.35. The second-order valence-electron chi connectivity index (χ2n) is 6.68. The van der Waals surface area contributed by atoms with Gasteiger partial charge < -0.3 is 13.9 Å². The average Bonchev–Trinajstić information content (AvgIpc) is 2.73. The standard InChI is InChI=1S/C21H20ClNO7S/c1-13-9-19-17(11-18(13)22)15(10-20(24)30-19)12-29-21(25)14-3-5-16(6-4-14)31(26,27)23-7-8-28-2/h3-6,9-11,23H,7-8,12H2,1-2H3. The number of benzene rings is 2. The molecule has 3 rings (SSSR count). The Balaban J connectivity index is 1.74. The maximum atomic E-state index is 12.4. The largest absolute Gasteiger partial charge is 0.457 e. The summed E-state index contributed by atoms with van der Waals surface area (Å²) in [5.41, 5.74) is 1.13. The Kier molecular flexibility index (Phi) is 7.11. The first-order valence-electron chi connectivity index (χ1n) is 9.20. The summed E-state index contributed by atoms with van der Waals surface area (Å²) in [4.78, 5) is 24.2. The van der Waals surface area contributed by atoms with Crippen molar-refractivity contribution >= 4 is 38.6 Å². The van der Waals surface area contributed by atoms with Gasteiger partial charge >= 0.3 is 11.6 Å². The number of hydrogen-bond donors (Lipinski definition) is 1. The Morgan fingerprint density at radius 1 is 1.16 bits per heavy atom. The molecule has 0 bridgehead atoms. The van der Waals surface area contributed by atoms with Crippen molar-refractivity contribution in [2.24, 2.45) is 0 Å². The van der Waals surface area contributed by atoms with Crippen LogP contribution in [0.25, 0.3) is 11.0 Å². The molecule has 0 atom stereocenters. The number of hydrogen-bond acceptors (Lipinski definition) is 7. The van der Waals surface area contributed by atoms with Crippen molar-refractivity contribution in [3.8, 4) is 0 Å². The molecule has 0 aliphatic carbocycles. The molecule has 164 valence electrons. The van der Waals surface area contributed by atoms with Crippen LogP contribution in [-0.2, 0) is 26.1 Å². The predicted molar refractivity (Wildman–Crippen MR) is 115 cm³/mol. The maximum Gasteiger partial charge on any atom is 0.338 e. The van der Waals surface area contributed by atoms with Crippen molar-refractivity contribution in [3.63, 3.8) is 0 Å². The monoisotopic (exact) mass is 465 g/mol. The lowest BCUT2D eigenvalue weighted by Gasteiger charge is -2.09. The molecule has 2 aromatic carbocycles. The zero-order valence-corrected chi connectivity index (χ0v) is 18.4. The molecular weight excluding hydrogens is 446 g/mol. The number of ether oxygens (including phenoxy) is 2. The zero-order chi connectivity index (χ0) is 22.6. The lowest BCUT2D eigenvalue weighted by Crippen LogP contribution is -2.27. The van der Waals surface area contributed by atoms with Gasteiger partial charge in [0, 0.05) is 35.7 Å². The number of halogens is 1. The molecule has 0 spiro atoms. The highest BCUT2D eigenvalue weighted by molar-refractivity contribution is 7.89. The van der Waals surface area contributed by atoms with Gasteiger partial charge in [0.15, 0.2) is 0 Å². The van der Waals surface area contributed by atoms with Crippen LogP contribution in [0.5, 0.6) is 0 Å². The molecule has 3 aromatic rings. The van der Waals surface area contributed by atoms with Crippen LogP contribution in [0.4, 0.5) is 0 Å². The number of rotatable bonds is 8. The molecule has 0 amide bonds. The van der Waals surface area contributed by atoms with E-state index in [1.54, 1.807) is 19.1 Å². The molecular formula is C21H20ClNO7S. The molecule has 10 heteroatoms. The van der Waals surface area contributed by atoms with E-state index >= 15 is 0 Å². The van der Waals surface area contributed by atoms with E-state index in [0.717, 1.165) is 5.56 Å². The second kappa shape index (κ2) is 9.61. The molecule has 0 saturated heterocycles. The number of fused-ring (bicyclic) bond motifs is 1. The molecule has 0 radical (unpaired) electrons. The van der Waals surface area contributed by atoms with E-state index in [0.29, 0.717) is 21.6 Å². The van der Waals surface area contributed by atoms with Crippen LogP contribution in [0.2, 0.25) is 5.02 Å². The number of aryl methyl sites for hydroxylation is 1. The van der Waals surface area contributed by atoms with Crippen LogP contribution in [0, 0.1) is 6.92 Å². The Bertz CT molecular complexity index is 1270. The molecule has 0 unspecified atom stereocenters. The average molecular weight is 466 g/mol. The number of nitrogens with one attached hydrogen (secondary N) is 1. The minimum absolute atomic E-state index is 0.0110. The lowest BCUT2D eigenvalue weighted by molar-refractivity contribution is 0.0473. The van der Waals surface area contributed by atoms with Crippen molar-refractivity contribution in [2.45, 2.75) is 18.4 Å². The smallest absolute Gasteiger partial charge is 0.338 e. The first-order chi connectivity index (χ1) is 14.7. The van der Waals surface area contributed by atoms with Crippen LogP contribution >= 0.6 is 11.6 Å². The minimum Gasteiger partial charge on any atom is -0.457 e. The molecule has 31 heavy (non-hydrogen) atoms. The van der Waals surface area contributed by atoms with E-state index in [1.165, 1.54) is 37.4 Å². The Morgan fingerprint density at radius 2 is 1.87 bits per heavy atom. The number of esters is 1. The van der Waals surface area contributed by atoms with Crippen LogP contribution in [-0.4, -0.2) is 34.6 Å². The third kappa shape index (κ3) is 5.50. The van der Waals surface area contributed by atoms with Gasteiger partial charge in [0.25, 0.3) is 0 Å². The molecule has 8 nitrogen and oxygen atoms in total. The minimum atomic E-state index is -3.71. The topological polar surface area (TPSA) is 112 Å². The Morgan fingerprint density at radius 3 is 2.55 bits per heavy atom. The summed E-state index contributed by atoms with van der Waals surface area (Å²) in [5.74, 6) is -0.670. The fourth-order valence-electron chi connectivity index (χ4n) is 2.83. The number of carbonyl (C=O) groups is 1. The second-order valence-corrected chi connectivity index (χ2v) is 8.85. The summed E-state index contributed by atoms with van der Waals surface area (Å²) < 4.78 is 42.0. The van der Waals surface area contributed by atoms with Gasteiger partial charge in [0.1, 0.15) is 12.2 Å². The molecule has 1 N–H and O–H groups in total. The van der Waals surface area contributed by atoms with Gasteiger partial charge in [-0.25, -0.2) is 22.7 Å². The SMILES string of the molecule is COCCNS(=O)(=O)c1ccc(C(=O)OCc2cc(=O)oc3cc(C)c(Cl)cc23)cc1. The van der Waals surface area contributed by atoms with E-state index in [9.17, 15) is 18.0 Å². The summed E-state index contributed by atoms with van der Waals surface area (Å²) in [5, 5.41) is 1.05. The van der Waals surface area contributed by atoms with Crippen molar-refractivity contribution in [2.75, 3.05) is 20.3 Å². The quantitative estimate of drug-likeness (QED) is 0.309. The highest BCUT2D eigenvalue weighted by Gasteiger charge is 2.16. The normalized spacial score (nSPS) is 11.6. The summed E-state index contributed by atoms with van der Waals surface area (Å²) in [6, 6.07) is 9.85. The summed E-state index contributed by atoms with van der Waals surface area (Å²) >= 11 is 6.16. The van der Waals surface area contributed by atoms with E-state index in [4.69, 9.17) is 25.5 Å². The first-order valence-corrected chi connectivity index (χ1v) is 11.1. The molecule has 1 aromatic heterocycles. The summed E-state index contributed by atoms with van der Waals surface area (Å²) in [6.07, 6.45) is 0. The van der Waals surface area contributed by atoms with Gasteiger partial charge in [0.05, 0.1) is 17.1 Å². The molecule has 0 saturated carbocycles. The molecule has 1 heterocycles. The van der Waals surface area contributed by atoms with Gasteiger partial charge in [-0.2, -0.15) is 0 Å². The van der Waals surface area contributed by atoms with E-state index in [1.807, 2.05) is 0 Å². The van der Waals surface area contributed by atoms with E-state index < -0.39 is 21.6 Å². The molecule has 0 aliphatic rings. The van der Waals surface area contributed by atoms with Gasteiger partial charge in [0.2, 0.25) is 10.0 Å². The summed E-state index contributed by atoms with van der Waals surface area (Å²) in [7, 11) is -2.24. The van der Waals surface area contributed by atoms with E-state index in [2.05, 4.69) is 4.72 Å². The van der Waals surface area contributed by atoms with Gasteiger partial charge in [-0.05, 0) is 48.9 Å². The third-order valence-electron chi connectivity index (χ3n) is 4.47. The fraction of sp³-hybridized carbons (Fsp3) is 0.238. The van der Waals surface area contributed by atoms with Crippen molar-refractivity contribution in [1.82, 2.24) is 4.72 Å². The highest BCUT2D eigenvalue weighted by Crippen LogP contribution is 2.25. The van der Waals surface area contributed by atoms with Crippen molar-refractivity contribution in [3.05, 3.63) is 74.6 Å². The van der Waals surface area contributed by atoms with Gasteiger partial charge in [-0.1, -0.05) is 11.6 Å². The maximum absolute atomic E-state index is 12.4. The predicted octanol–water partition coefficient (Wildman–Crippen LogP) is 3.04. The lowest BCUT2D eigenvalue weighted by atomic mass is 10.1. The number of sulfonamides is 1. The van der Waals surface area contributed by atoms with Gasteiger partial charge in [-0.3, -0.25) is 0 Å². The van der Waals surface area contributed by atoms with Crippen LogP contribution in [0.3, 0.4) is 0 Å². The van der Waals surface area contributed by atoms with E-state index in [-0.39, 0.29) is 30.2 Å². The molecule has 0 fully saturated rings. The number of methoxy groups -OCH3 is 1. The summed E-state index contributed by atoms with van der Waals surface area (Å²) in [6.45, 7) is 1.97. The zero-order valence-electron chi connectivity index (χ0n) is 16.8. The van der Waals surface area contributed by atoms with Crippen LogP contribution in [0.15, 0.2) is 56.6 Å². The van der Waals surface area contributed by atoms with Crippen LogP contribution in [0.1, 0.15) is 21.5 Å². The Labute approximate surface area is 183 Å². The first kappa shape index (κ1) is 23.0. The molecule has 0 aliphatic heterocycles. The van der Waals surface area contributed by atoms with Crippen LogP contribution < -0.4 is 10.3 Å². The number of carbonyl (C=O) groups excluding carboxylic acids is 1. The fourth-order valence-corrected chi connectivity index (χ4v) is 4.00. The van der Waals surface area contributed by atoms with Gasteiger partial charge in [-0.15, -0.1) is 0 Å². The highest BCUT2D eigenvalue weighted by atomic mass is 35.5. The van der Waals surface area contributed by atoms with Crippen molar-refractivity contribution in [1.29, 1.82) is 0 Å². The Hall–Kier alpha value is -2.72. The van der Waals surface area contributed by atoms with Crippen molar-refractivity contribution < 1.29 is 27.1 Å².